The van der Waals surface area contributed by atoms with E-state index in [1.165, 1.54) is 0 Å². The predicted molar refractivity (Wildman–Crippen MR) is 44.6 cm³/mol. The lowest BCUT2D eigenvalue weighted by molar-refractivity contribution is 0.391. The summed E-state index contributed by atoms with van der Waals surface area (Å²) in [6.45, 7) is 5.79. The first-order valence-corrected chi connectivity index (χ1v) is 3.96. The second-order valence-electron chi connectivity index (χ2n) is 3.00. The minimum atomic E-state index is 0.223. The molecule has 1 aromatic rings. The van der Waals surface area contributed by atoms with Crippen LogP contribution in [0.4, 0.5) is 0 Å². The van der Waals surface area contributed by atoms with Gasteiger partial charge in [-0.25, -0.2) is 0 Å². The average Bonchev–Trinajstić information content (AvgIpc) is 2.32. The summed E-state index contributed by atoms with van der Waals surface area (Å²) in [5.41, 5.74) is 1.98. The Morgan fingerprint density at radius 2 is 2.25 bits per heavy atom. The standard InChI is InChI=1S/C9H12N2O/c1-6(4-5-10)9-7(2)11-12-8(9)3/h6H,4H2,1-3H3/t6-/m1/s1. The van der Waals surface area contributed by atoms with Gasteiger partial charge < -0.3 is 4.52 Å². The summed E-state index contributed by atoms with van der Waals surface area (Å²) in [5, 5.41) is 12.4. The fraction of sp³-hybridized carbons (Fsp3) is 0.556. The lowest BCUT2D eigenvalue weighted by Gasteiger charge is -2.04. The lowest BCUT2D eigenvalue weighted by atomic mass is 9.97. The highest BCUT2D eigenvalue weighted by Crippen LogP contribution is 2.24. The van der Waals surface area contributed by atoms with Gasteiger partial charge in [0.2, 0.25) is 0 Å². The second-order valence-corrected chi connectivity index (χ2v) is 3.00. The van der Waals surface area contributed by atoms with Crippen LogP contribution in [0.1, 0.15) is 36.3 Å². The first kappa shape index (κ1) is 8.79. The van der Waals surface area contributed by atoms with Crippen LogP contribution in [0.3, 0.4) is 0 Å². The predicted octanol–water partition coefficient (Wildman–Crippen LogP) is 2.31. The summed E-state index contributed by atoms with van der Waals surface area (Å²) >= 11 is 0. The van der Waals surface area contributed by atoms with Crippen molar-refractivity contribution in [3.63, 3.8) is 0 Å². The smallest absolute Gasteiger partial charge is 0.137 e. The van der Waals surface area contributed by atoms with Crippen molar-refractivity contribution in [3.05, 3.63) is 17.0 Å². The Balaban J connectivity index is 2.94. The molecule has 3 heteroatoms. The van der Waals surface area contributed by atoms with Crippen molar-refractivity contribution in [1.29, 1.82) is 5.26 Å². The SMILES string of the molecule is Cc1noc(C)c1[C@H](C)CC#N. The molecular formula is C9H12N2O. The van der Waals surface area contributed by atoms with Crippen molar-refractivity contribution < 1.29 is 4.52 Å². The van der Waals surface area contributed by atoms with E-state index in [1.54, 1.807) is 0 Å². The number of rotatable bonds is 2. The van der Waals surface area contributed by atoms with Gasteiger partial charge in [-0.3, -0.25) is 0 Å². The lowest BCUT2D eigenvalue weighted by Crippen LogP contribution is -1.94. The monoisotopic (exact) mass is 164 g/mol. The van der Waals surface area contributed by atoms with E-state index in [0.29, 0.717) is 6.42 Å². The molecule has 0 fully saturated rings. The van der Waals surface area contributed by atoms with E-state index < -0.39 is 0 Å². The van der Waals surface area contributed by atoms with Crippen LogP contribution < -0.4 is 0 Å². The minimum absolute atomic E-state index is 0.223. The molecule has 0 unspecified atom stereocenters. The molecule has 0 amide bonds. The first-order valence-electron chi connectivity index (χ1n) is 3.96. The number of aromatic nitrogens is 1. The third-order valence-corrected chi connectivity index (χ3v) is 1.98. The Morgan fingerprint density at radius 1 is 1.58 bits per heavy atom. The van der Waals surface area contributed by atoms with Gasteiger partial charge >= 0.3 is 0 Å². The first-order chi connectivity index (χ1) is 5.66. The Morgan fingerprint density at radius 3 is 2.67 bits per heavy atom. The quantitative estimate of drug-likeness (QED) is 0.673. The van der Waals surface area contributed by atoms with Crippen molar-refractivity contribution in [2.45, 2.75) is 33.1 Å². The van der Waals surface area contributed by atoms with Crippen LogP contribution in [0, 0.1) is 25.2 Å². The maximum atomic E-state index is 8.52. The molecular weight excluding hydrogens is 152 g/mol. The fourth-order valence-corrected chi connectivity index (χ4v) is 1.43. The molecule has 0 aliphatic rings. The molecule has 1 rings (SSSR count). The van der Waals surface area contributed by atoms with E-state index >= 15 is 0 Å². The molecule has 0 radical (unpaired) electrons. The van der Waals surface area contributed by atoms with Gasteiger partial charge in [-0.2, -0.15) is 5.26 Å². The molecule has 0 bridgehead atoms. The van der Waals surface area contributed by atoms with Gasteiger partial charge in [0.05, 0.1) is 11.8 Å². The maximum Gasteiger partial charge on any atom is 0.137 e. The molecule has 1 atom stereocenters. The Kier molecular flexibility index (Phi) is 2.49. The molecule has 1 aromatic heterocycles. The van der Waals surface area contributed by atoms with Crippen LogP contribution in [0.15, 0.2) is 4.52 Å². The van der Waals surface area contributed by atoms with Crippen LogP contribution in [0.5, 0.6) is 0 Å². The van der Waals surface area contributed by atoms with E-state index in [2.05, 4.69) is 11.2 Å². The molecule has 12 heavy (non-hydrogen) atoms. The Labute approximate surface area is 72.0 Å². The van der Waals surface area contributed by atoms with Crippen molar-refractivity contribution in [2.75, 3.05) is 0 Å². The highest BCUT2D eigenvalue weighted by Gasteiger charge is 2.15. The largest absolute Gasteiger partial charge is 0.361 e. The fourth-order valence-electron chi connectivity index (χ4n) is 1.43. The molecule has 0 aliphatic heterocycles. The average molecular weight is 164 g/mol. The van der Waals surface area contributed by atoms with E-state index in [1.807, 2.05) is 20.8 Å². The zero-order chi connectivity index (χ0) is 9.14. The zero-order valence-corrected chi connectivity index (χ0v) is 7.59. The maximum absolute atomic E-state index is 8.52. The van der Waals surface area contributed by atoms with Crippen LogP contribution in [-0.4, -0.2) is 5.16 Å². The number of nitrogens with zero attached hydrogens (tertiary/aromatic N) is 2. The van der Waals surface area contributed by atoms with Gasteiger partial charge in [-0.15, -0.1) is 0 Å². The Bertz CT molecular complexity index is 289. The van der Waals surface area contributed by atoms with Crippen molar-refractivity contribution in [3.8, 4) is 6.07 Å². The van der Waals surface area contributed by atoms with Crippen LogP contribution in [0.2, 0.25) is 0 Å². The molecule has 0 saturated carbocycles. The molecule has 0 aliphatic carbocycles. The van der Waals surface area contributed by atoms with Crippen LogP contribution in [-0.2, 0) is 0 Å². The van der Waals surface area contributed by atoms with Crippen molar-refractivity contribution in [2.24, 2.45) is 0 Å². The van der Waals surface area contributed by atoms with Crippen molar-refractivity contribution in [1.82, 2.24) is 5.16 Å². The highest BCUT2D eigenvalue weighted by molar-refractivity contribution is 5.25. The summed E-state index contributed by atoms with van der Waals surface area (Å²) in [4.78, 5) is 0. The van der Waals surface area contributed by atoms with Gasteiger partial charge in [-0.05, 0) is 19.8 Å². The topological polar surface area (TPSA) is 49.8 Å². The van der Waals surface area contributed by atoms with Gasteiger partial charge in [0.15, 0.2) is 0 Å². The summed E-state index contributed by atoms with van der Waals surface area (Å²) in [6.07, 6.45) is 0.517. The third kappa shape index (κ3) is 1.48. The summed E-state index contributed by atoms with van der Waals surface area (Å²) in [5.74, 6) is 1.05. The summed E-state index contributed by atoms with van der Waals surface area (Å²) in [7, 11) is 0. The highest BCUT2D eigenvalue weighted by atomic mass is 16.5. The van der Waals surface area contributed by atoms with E-state index in [9.17, 15) is 0 Å². The van der Waals surface area contributed by atoms with E-state index in [-0.39, 0.29) is 5.92 Å². The number of hydrogen-bond acceptors (Lipinski definition) is 3. The zero-order valence-electron chi connectivity index (χ0n) is 7.59. The van der Waals surface area contributed by atoms with E-state index in [0.717, 1.165) is 17.0 Å². The van der Waals surface area contributed by atoms with Gasteiger partial charge in [0.25, 0.3) is 0 Å². The van der Waals surface area contributed by atoms with Gasteiger partial charge in [0.1, 0.15) is 5.76 Å². The molecule has 0 saturated heterocycles. The number of hydrogen-bond donors (Lipinski definition) is 0. The number of aryl methyl sites for hydroxylation is 2. The Hall–Kier alpha value is -1.30. The van der Waals surface area contributed by atoms with Gasteiger partial charge in [-0.1, -0.05) is 12.1 Å². The third-order valence-electron chi connectivity index (χ3n) is 1.98. The van der Waals surface area contributed by atoms with Crippen LogP contribution in [0.25, 0.3) is 0 Å². The molecule has 0 spiro atoms. The second kappa shape index (κ2) is 3.40. The van der Waals surface area contributed by atoms with Crippen molar-refractivity contribution >= 4 is 0 Å². The summed E-state index contributed by atoms with van der Waals surface area (Å²) < 4.78 is 5.00. The molecule has 0 N–H and O–H groups in total. The molecule has 64 valence electrons. The summed E-state index contributed by atoms with van der Waals surface area (Å²) in [6, 6.07) is 2.14. The minimum Gasteiger partial charge on any atom is -0.361 e. The molecule has 0 aromatic carbocycles. The van der Waals surface area contributed by atoms with Crippen LogP contribution >= 0.6 is 0 Å². The molecule has 1 heterocycles. The normalized spacial score (nSPS) is 12.5. The van der Waals surface area contributed by atoms with E-state index in [4.69, 9.17) is 9.78 Å². The molecule has 3 nitrogen and oxygen atoms in total. The van der Waals surface area contributed by atoms with Gasteiger partial charge in [0, 0.05) is 12.0 Å². The number of nitriles is 1.